The zero-order valence-electron chi connectivity index (χ0n) is 15.5. The summed E-state index contributed by atoms with van der Waals surface area (Å²) in [6, 6.07) is 12.7. The van der Waals surface area contributed by atoms with Crippen LogP contribution in [0.25, 0.3) is 11.4 Å². The molecule has 0 atom stereocenters. The predicted octanol–water partition coefficient (Wildman–Crippen LogP) is 3.36. The van der Waals surface area contributed by atoms with Gasteiger partial charge in [-0.25, -0.2) is 9.18 Å². The average Bonchev–Trinajstić information content (AvgIpc) is 3.36. The van der Waals surface area contributed by atoms with Crippen molar-refractivity contribution >= 4 is 11.9 Å². The van der Waals surface area contributed by atoms with Gasteiger partial charge in [0.25, 0.3) is 5.89 Å². The molecule has 7 nitrogen and oxygen atoms in total. The Balaban J connectivity index is 1.37. The molecule has 0 aliphatic carbocycles. The molecule has 1 aliphatic rings. The normalized spacial score (nSPS) is 13.7. The fourth-order valence-electron chi connectivity index (χ4n) is 3.13. The number of likely N-dealkylation sites (tertiary alicyclic amines) is 1. The summed E-state index contributed by atoms with van der Waals surface area (Å²) in [5.41, 5.74) is 1.84. The van der Waals surface area contributed by atoms with Crippen molar-refractivity contribution in [3.05, 3.63) is 71.4 Å². The molecule has 1 fully saturated rings. The van der Waals surface area contributed by atoms with Crippen LogP contribution in [0.2, 0.25) is 0 Å². The van der Waals surface area contributed by atoms with Crippen LogP contribution in [0.15, 0.2) is 53.1 Å². The zero-order chi connectivity index (χ0) is 20.2. The summed E-state index contributed by atoms with van der Waals surface area (Å²) in [5.74, 6) is -0.333. The minimum atomic E-state index is -0.527. The number of rotatable bonds is 6. The number of carbonyl (C=O) groups excluding carboxylic acids is 2. The monoisotopic (exact) mass is 395 g/mol. The van der Waals surface area contributed by atoms with E-state index in [1.807, 2.05) is 6.07 Å². The van der Waals surface area contributed by atoms with Gasteiger partial charge >= 0.3 is 5.97 Å². The van der Waals surface area contributed by atoms with Crippen LogP contribution in [0, 0.1) is 5.82 Å². The summed E-state index contributed by atoms with van der Waals surface area (Å²) < 4.78 is 23.3. The van der Waals surface area contributed by atoms with Crippen molar-refractivity contribution in [1.82, 2.24) is 15.0 Å². The third-order valence-electron chi connectivity index (χ3n) is 4.60. The molecule has 0 radical (unpaired) electrons. The number of esters is 1. The van der Waals surface area contributed by atoms with Crippen LogP contribution in [0.3, 0.4) is 0 Å². The van der Waals surface area contributed by atoms with E-state index in [0.29, 0.717) is 24.1 Å². The van der Waals surface area contributed by atoms with Crippen molar-refractivity contribution in [3.63, 3.8) is 0 Å². The van der Waals surface area contributed by atoms with E-state index >= 15 is 0 Å². The first-order valence-corrected chi connectivity index (χ1v) is 9.21. The molecule has 0 saturated carbocycles. The van der Waals surface area contributed by atoms with Gasteiger partial charge in [0.05, 0.1) is 5.56 Å². The Morgan fingerprint density at radius 2 is 2.03 bits per heavy atom. The van der Waals surface area contributed by atoms with Gasteiger partial charge in [-0.15, -0.1) is 0 Å². The molecule has 148 valence electrons. The Hall–Kier alpha value is -3.55. The predicted molar refractivity (Wildman–Crippen MR) is 99.9 cm³/mol. The molecule has 2 heterocycles. The number of hydrogen-bond donors (Lipinski definition) is 0. The maximum atomic E-state index is 13.0. The maximum absolute atomic E-state index is 13.0. The van der Waals surface area contributed by atoms with Gasteiger partial charge < -0.3 is 14.2 Å². The second kappa shape index (κ2) is 8.22. The van der Waals surface area contributed by atoms with Crippen LogP contribution in [-0.2, 0) is 22.7 Å². The summed E-state index contributed by atoms with van der Waals surface area (Å²) in [6.07, 6.45) is 1.44. The molecule has 0 spiro atoms. The Bertz CT molecular complexity index is 1030. The number of amides is 1. The summed E-state index contributed by atoms with van der Waals surface area (Å²) in [7, 11) is 0. The summed E-state index contributed by atoms with van der Waals surface area (Å²) in [5, 5.41) is 3.81. The number of nitrogens with zero attached hydrogens (tertiary/aromatic N) is 3. The largest absolute Gasteiger partial charge is 0.452 e. The van der Waals surface area contributed by atoms with E-state index in [4.69, 9.17) is 9.26 Å². The zero-order valence-corrected chi connectivity index (χ0v) is 15.5. The lowest BCUT2D eigenvalue weighted by atomic mass is 10.1. The number of halogens is 1. The van der Waals surface area contributed by atoms with Crippen LogP contribution in [0.4, 0.5) is 4.39 Å². The van der Waals surface area contributed by atoms with Crippen molar-refractivity contribution in [2.45, 2.75) is 26.0 Å². The molecule has 3 aromatic rings. The highest BCUT2D eigenvalue weighted by Gasteiger charge is 2.20. The van der Waals surface area contributed by atoms with Crippen molar-refractivity contribution < 1.29 is 23.2 Å². The Labute approximate surface area is 166 Å². The van der Waals surface area contributed by atoms with Gasteiger partial charge in [0.2, 0.25) is 11.7 Å². The van der Waals surface area contributed by atoms with Gasteiger partial charge in [0.1, 0.15) is 5.82 Å². The lowest BCUT2D eigenvalue weighted by Gasteiger charge is -2.15. The third-order valence-corrected chi connectivity index (χ3v) is 4.60. The summed E-state index contributed by atoms with van der Waals surface area (Å²) in [4.78, 5) is 30.0. The SMILES string of the molecule is O=C(OCc1nc(-c2ccc(F)cc2)no1)c1cccc(CN2CCCC2=O)c1. The fourth-order valence-corrected chi connectivity index (χ4v) is 3.13. The number of carbonyl (C=O) groups is 2. The topological polar surface area (TPSA) is 85.5 Å². The molecule has 8 heteroatoms. The fraction of sp³-hybridized carbons (Fsp3) is 0.238. The first-order valence-electron chi connectivity index (χ1n) is 9.21. The molecule has 1 aliphatic heterocycles. The number of ether oxygens (including phenoxy) is 1. The number of hydrogen-bond acceptors (Lipinski definition) is 6. The summed E-state index contributed by atoms with van der Waals surface area (Å²) >= 11 is 0. The Kier molecular flexibility index (Phi) is 5.33. The van der Waals surface area contributed by atoms with Crippen molar-refractivity contribution in [2.75, 3.05) is 6.54 Å². The van der Waals surface area contributed by atoms with Crippen LogP contribution in [0.5, 0.6) is 0 Å². The molecule has 0 N–H and O–H groups in total. The molecule has 2 aromatic carbocycles. The first-order chi connectivity index (χ1) is 14.1. The molecular formula is C21H18FN3O4. The number of benzene rings is 2. The Morgan fingerprint density at radius 3 is 2.79 bits per heavy atom. The highest BCUT2D eigenvalue weighted by molar-refractivity contribution is 5.89. The lowest BCUT2D eigenvalue weighted by molar-refractivity contribution is -0.128. The van der Waals surface area contributed by atoms with Crippen LogP contribution in [0.1, 0.15) is 34.7 Å². The van der Waals surface area contributed by atoms with E-state index in [-0.39, 0.29) is 30.0 Å². The van der Waals surface area contributed by atoms with Gasteiger partial charge in [-0.2, -0.15) is 4.98 Å². The van der Waals surface area contributed by atoms with Crippen molar-refractivity contribution in [3.8, 4) is 11.4 Å². The van der Waals surface area contributed by atoms with Gasteiger partial charge in [-0.05, 0) is 48.4 Å². The van der Waals surface area contributed by atoms with Gasteiger partial charge in [0, 0.05) is 25.1 Å². The smallest absolute Gasteiger partial charge is 0.338 e. The molecule has 4 rings (SSSR count). The van der Waals surface area contributed by atoms with Gasteiger partial charge in [0.15, 0.2) is 6.61 Å². The lowest BCUT2D eigenvalue weighted by Crippen LogP contribution is -2.23. The second-order valence-corrected chi connectivity index (χ2v) is 6.71. The highest BCUT2D eigenvalue weighted by Crippen LogP contribution is 2.18. The minimum Gasteiger partial charge on any atom is -0.452 e. The molecule has 0 unspecified atom stereocenters. The van der Waals surface area contributed by atoms with Gasteiger partial charge in [-0.3, -0.25) is 4.79 Å². The average molecular weight is 395 g/mol. The van der Waals surface area contributed by atoms with E-state index in [2.05, 4.69) is 10.1 Å². The quantitative estimate of drug-likeness (QED) is 0.595. The second-order valence-electron chi connectivity index (χ2n) is 6.71. The standard InChI is InChI=1S/C21H18FN3O4/c22-17-8-6-15(7-9-17)20-23-18(29-24-20)13-28-21(27)16-4-1-3-14(11-16)12-25-10-2-5-19(25)26/h1,3-4,6-9,11H,2,5,10,12-13H2. The number of aromatic nitrogens is 2. The molecule has 1 amide bonds. The maximum Gasteiger partial charge on any atom is 0.338 e. The molecule has 1 aromatic heterocycles. The van der Waals surface area contributed by atoms with Crippen molar-refractivity contribution in [2.24, 2.45) is 0 Å². The Morgan fingerprint density at radius 1 is 1.21 bits per heavy atom. The molecule has 1 saturated heterocycles. The van der Waals surface area contributed by atoms with E-state index in [0.717, 1.165) is 18.5 Å². The van der Waals surface area contributed by atoms with Crippen molar-refractivity contribution in [1.29, 1.82) is 0 Å². The van der Waals surface area contributed by atoms with E-state index in [9.17, 15) is 14.0 Å². The summed E-state index contributed by atoms with van der Waals surface area (Å²) in [6.45, 7) is 1.04. The van der Waals surface area contributed by atoms with E-state index in [1.165, 1.54) is 24.3 Å². The molecule has 29 heavy (non-hydrogen) atoms. The van der Waals surface area contributed by atoms with Gasteiger partial charge in [-0.1, -0.05) is 17.3 Å². The minimum absolute atomic E-state index is 0.131. The molecular weight excluding hydrogens is 377 g/mol. The van der Waals surface area contributed by atoms with E-state index in [1.54, 1.807) is 23.1 Å². The first kappa shape index (κ1) is 18.8. The van der Waals surface area contributed by atoms with Crippen LogP contribution >= 0.6 is 0 Å². The molecule has 0 bridgehead atoms. The van der Waals surface area contributed by atoms with Crippen LogP contribution in [-0.4, -0.2) is 33.5 Å². The van der Waals surface area contributed by atoms with Crippen LogP contribution < -0.4 is 0 Å². The third kappa shape index (κ3) is 4.48. The highest BCUT2D eigenvalue weighted by atomic mass is 19.1. The van der Waals surface area contributed by atoms with E-state index < -0.39 is 5.97 Å².